The van der Waals surface area contributed by atoms with Gasteiger partial charge in [-0.25, -0.2) is 8.42 Å². The third kappa shape index (κ3) is 4.44. The molecule has 3 nitrogen and oxygen atoms in total. The zero-order valence-electron chi connectivity index (χ0n) is 9.95. The van der Waals surface area contributed by atoms with Crippen LogP contribution in [0.2, 0.25) is 0 Å². The lowest BCUT2D eigenvalue weighted by Crippen LogP contribution is -2.35. The molecule has 0 radical (unpaired) electrons. The SMILES string of the molecule is C=C(CC1CCCN1C(C)C)CS(=O)(=O)Cl. The van der Waals surface area contributed by atoms with Crippen molar-refractivity contribution >= 4 is 19.7 Å². The first kappa shape index (κ1) is 14.0. The first-order valence-corrected chi connectivity index (χ1v) is 8.12. The highest BCUT2D eigenvalue weighted by molar-refractivity contribution is 8.13. The minimum absolute atomic E-state index is 0.100. The van der Waals surface area contributed by atoms with Crippen molar-refractivity contribution < 1.29 is 8.42 Å². The second-order valence-electron chi connectivity index (χ2n) is 4.76. The molecule has 1 rings (SSSR count). The van der Waals surface area contributed by atoms with Crippen LogP contribution in [-0.4, -0.2) is 37.7 Å². The van der Waals surface area contributed by atoms with E-state index in [1.54, 1.807) is 0 Å². The standard InChI is InChI=1S/C11H20ClNO2S/c1-9(2)13-6-4-5-11(13)7-10(3)8-16(12,14)15/h9,11H,3-8H2,1-2H3. The molecule has 0 N–H and O–H groups in total. The Hall–Kier alpha value is -0.0600. The van der Waals surface area contributed by atoms with Crippen LogP contribution in [0.5, 0.6) is 0 Å². The van der Waals surface area contributed by atoms with Crippen molar-refractivity contribution in [1.29, 1.82) is 0 Å². The van der Waals surface area contributed by atoms with Crippen molar-refractivity contribution in [3.8, 4) is 0 Å². The molecule has 0 aromatic heterocycles. The molecule has 0 spiro atoms. The highest BCUT2D eigenvalue weighted by Gasteiger charge is 2.27. The maximum absolute atomic E-state index is 10.9. The summed E-state index contributed by atoms with van der Waals surface area (Å²) in [5.74, 6) is -0.100. The van der Waals surface area contributed by atoms with E-state index < -0.39 is 9.05 Å². The summed E-state index contributed by atoms with van der Waals surface area (Å²) in [5.41, 5.74) is 0.715. The molecule has 0 saturated carbocycles. The Kier molecular flexibility index (Phi) is 4.83. The van der Waals surface area contributed by atoms with Crippen molar-refractivity contribution in [3.63, 3.8) is 0 Å². The summed E-state index contributed by atoms with van der Waals surface area (Å²) in [6.07, 6.45) is 3.05. The molecule has 0 aromatic rings. The molecule has 0 aliphatic carbocycles. The van der Waals surface area contributed by atoms with Gasteiger partial charge in [-0.05, 0) is 39.7 Å². The molecule has 0 bridgehead atoms. The van der Waals surface area contributed by atoms with Crippen LogP contribution in [0.3, 0.4) is 0 Å². The molecule has 1 aliphatic rings. The first-order valence-electron chi connectivity index (χ1n) is 5.64. The van der Waals surface area contributed by atoms with Crippen molar-refractivity contribution in [2.24, 2.45) is 0 Å². The van der Waals surface area contributed by atoms with Crippen molar-refractivity contribution in [2.75, 3.05) is 12.3 Å². The second kappa shape index (κ2) is 5.52. The second-order valence-corrected chi connectivity index (χ2v) is 7.54. The number of halogens is 1. The first-order chi connectivity index (χ1) is 7.29. The van der Waals surface area contributed by atoms with E-state index in [2.05, 4.69) is 25.3 Å². The minimum Gasteiger partial charge on any atom is -0.298 e. The van der Waals surface area contributed by atoms with Gasteiger partial charge in [0.1, 0.15) is 0 Å². The van der Waals surface area contributed by atoms with E-state index in [1.165, 1.54) is 6.42 Å². The van der Waals surface area contributed by atoms with Gasteiger partial charge in [-0.2, -0.15) is 0 Å². The lowest BCUT2D eigenvalue weighted by Gasteiger charge is -2.28. The number of likely N-dealkylation sites (tertiary alicyclic amines) is 1. The molecular weight excluding hydrogens is 246 g/mol. The van der Waals surface area contributed by atoms with Crippen LogP contribution in [0.1, 0.15) is 33.1 Å². The van der Waals surface area contributed by atoms with Crippen molar-refractivity contribution in [1.82, 2.24) is 4.90 Å². The van der Waals surface area contributed by atoms with Crippen LogP contribution in [0.15, 0.2) is 12.2 Å². The molecule has 0 aromatic carbocycles. The summed E-state index contributed by atoms with van der Waals surface area (Å²) in [5, 5.41) is 0. The van der Waals surface area contributed by atoms with Gasteiger partial charge in [-0.15, -0.1) is 0 Å². The van der Waals surface area contributed by atoms with Crippen molar-refractivity contribution in [3.05, 3.63) is 12.2 Å². The van der Waals surface area contributed by atoms with Gasteiger partial charge in [-0.1, -0.05) is 12.2 Å². The summed E-state index contributed by atoms with van der Waals surface area (Å²) in [4.78, 5) is 2.41. The van der Waals surface area contributed by atoms with Gasteiger partial charge < -0.3 is 0 Å². The average Bonchev–Trinajstić information content (AvgIpc) is 2.47. The van der Waals surface area contributed by atoms with Crippen LogP contribution in [0.4, 0.5) is 0 Å². The van der Waals surface area contributed by atoms with E-state index in [0.717, 1.165) is 19.4 Å². The van der Waals surface area contributed by atoms with Gasteiger partial charge in [0, 0.05) is 22.8 Å². The zero-order valence-corrected chi connectivity index (χ0v) is 11.5. The smallest absolute Gasteiger partial charge is 0.236 e. The third-order valence-corrected chi connectivity index (χ3v) is 4.07. The van der Waals surface area contributed by atoms with Gasteiger partial charge in [0.15, 0.2) is 0 Å². The van der Waals surface area contributed by atoms with Crippen molar-refractivity contribution in [2.45, 2.75) is 45.2 Å². The maximum atomic E-state index is 10.9. The predicted octanol–water partition coefficient (Wildman–Crippen LogP) is 2.37. The van der Waals surface area contributed by atoms with E-state index in [4.69, 9.17) is 10.7 Å². The molecule has 0 amide bonds. The van der Waals surface area contributed by atoms with Crippen LogP contribution >= 0.6 is 10.7 Å². The Morgan fingerprint density at radius 1 is 1.56 bits per heavy atom. The Balaban J connectivity index is 2.51. The van der Waals surface area contributed by atoms with Gasteiger partial charge in [0.2, 0.25) is 9.05 Å². The molecule has 1 atom stereocenters. The van der Waals surface area contributed by atoms with Gasteiger partial charge >= 0.3 is 0 Å². The Morgan fingerprint density at radius 3 is 2.69 bits per heavy atom. The summed E-state index contributed by atoms with van der Waals surface area (Å²) in [6.45, 7) is 9.24. The van der Waals surface area contributed by atoms with E-state index in [9.17, 15) is 8.42 Å². The van der Waals surface area contributed by atoms with E-state index in [1.807, 2.05) is 0 Å². The number of hydrogen-bond donors (Lipinski definition) is 0. The molecule has 1 fully saturated rings. The van der Waals surface area contributed by atoms with E-state index >= 15 is 0 Å². The van der Waals surface area contributed by atoms with Crippen LogP contribution in [0, 0.1) is 0 Å². The lowest BCUT2D eigenvalue weighted by molar-refractivity contribution is 0.203. The van der Waals surface area contributed by atoms with Crippen LogP contribution < -0.4 is 0 Å². The van der Waals surface area contributed by atoms with E-state index in [-0.39, 0.29) is 5.75 Å². The van der Waals surface area contributed by atoms with Crippen LogP contribution in [0.25, 0.3) is 0 Å². The zero-order chi connectivity index (χ0) is 12.3. The Bertz CT molecular complexity index is 351. The fourth-order valence-electron chi connectivity index (χ4n) is 2.39. The Labute approximate surface area is 103 Å². The third-order valence-electron chi connectivity index (χ3n) is 2.99. The lowest BCUT2D eigenvalue weighted by atomic mass is 10.1. The molecule has 16 heavy (non-hydrogen) atoms. The minimum atomic E-state index is -3.45. The molecule has 94 valence electrons. The number of rotatable bonds is 5. The van der Waals surface area contributed by atoms with E-state index in [0.29, 0.717) is 17.7 Å². The predicted molar refractivity (Wildman–Crippen MR) is 68.3 cm³/mol. The molecule has 1 aliphatic heterocycles. The molecule has 1 saturated heterocycles. The van der Waals surface area contributed by atoms with Crippen LogP contribution in [-0.2, 0) is 9.05 Å². The summed E-state index contributed by atoms with van der Waals surface area (Å²) in [6, 6.07) is 0.943. The summed E-state index contributed by atoms with van der Waals surface area (Å²) < 4.78 is 21.8. The summed E-state index contributed by atoms with van der Waals surface area (Å²) in [7, 11) is 1.76. The molecule has 1 unspecified atom stereocenters. The Morgan fingerprint density at radius 2 is 2.19 bits per heavy atom. The fourth-order valence-corrected chi connectivity index (χ4v) is 3.46. The summed E-state index contributed by atoms with van der Waals surface area (Å²) >= 11 is 0. The number of hydrogen-bond acceptors (Lipinski definition) is 3. The topological polar surface area (TPSA) is 37.4 Å². The van der Waals surface area contributed by atoms with Gasteiger partial charge in [0.25, 0.3) is 0 Å². The van der Waals surface area contributed by atoms with Gasteiger partial charge in [0.05, 0.1) is 5.75 Å². The quantitative estimate of drug-likeness (QED) is 0.566. The highest BCUT2D eigenvalue weighted by atomic mass is 35.7. The normalized spacial score (nSPS) is 22.9. The molecule has 1 heterocycles. The fraction of sp³-hybridized carbons (Fsp3) is 0.818. The molecule has 5 heteroatoms. The number of nitrogens with zero attached hydrogens (tertiary/aromatic N) is 1. The highest BCUT2D eigenvalue weighted by Crippen LogP contribution is 2.25. The maximum Gasteiger partial charge on any atom is 0.236 e. The average molecular weight is 266 g/mol. The molecular formula is C11H20ClNO2S. The monoisotopic (exact) mass is 265 g/mol. The van der Waals surface area contributed by atoms with Gasteiger partial charge in [-0.3, -0.25) is 4.90 Å². The largest absolute Gasteiger partial charge is 0.298 e.